The number of nitrogen functional groups attached to an aromatic ring is 1. The van der Waals surface area contributed by atoms with Gasteiger partial charge in [0.25, 0.3) is 0 Å². The third kappa shape index (κ3) is 3.89. The second-order valence-corrected chi connectivity index (χ2v) is 9.88. The van der Waals surface area contributed by atoms with E-state index in [1.807, 2.05) is 13.8 Å². The molecule has 0 saturated heterocycles. The number of imidazole rings is 1. The van der Waals surface area contributed by atoms with Crippen LogP contribution in [0.15, 0.2) is 24.6 Å². The second kappa shape index (κ2) is 6.82. The van der Waals surface area contributed by atoms with Gasteiger partial charge in [0, 0.05) is 12.2 Å². The lowest BCUT2D eigenvalue weighted by atomic mass is 10.3. The second-order valence-electron chi connectivity index (χ2n) is 6.66. The molecule has 2 aromatic rings. The van der Waals surface area contributed by atoms with E-state index in [1.165, 1.54) is 23.3 Å². The number of hydrogen-bond donors (Lipinski definition) is 1. The van der Waals surface area contributed by atoms with E-state index in [2.05, 4.69) is 15.0 Å². The van der Waals surface area contributed by atoms with Crippen molar-refractivity contribution in [2.45, 2.75) is 26.4 Å². The minimum absolute atomic E-state index is 0.0339. The van der Waals surface area contributed by atoms with Gasteiger partial charge in [-0.3, -0.25) is 4.57 Å². The summed E-state index contributed by atoms with van der Waals surface area (Å²) in [5.74, 6) is -0.0257. The SMILES string of the molecule is CC(C)CP(C)(=O)COC1C=C(F)[C@H](n2cnc3c(N)ncnc32)O1. The van der Waals surface area contributed by atoms with E-state index in [0.717, 1.165) is 0 Å². The summed E-state index contributed by atoms with van der Waals surface area (Å²) < 4.78 is 39.3. The molecule has 136 valence electrons. The van der Waals surface area contributed by atoms with Crippen molar-refractivity contribution < 1.29 is 18.4 Å². The van der Waals surface area contributed by atoms with E-state index in [9.17, 15) is 8.96 Å². The Balaban J connectivity index is 1.71. The number of anilines is 1. The molecular formula is C15H21FN5O3P. The highest BCUT2D eigenvalue weighted by Crippen LogP contribution is 2.44. The number of aromatic nitrogens is 4. The van der Waals surface area contributed by atoms with Crippen LogP contribution in [0.1, 0.15) is 20.1 Å². The van der Waals surface area contributed by atoms with Crippen molar-refractivity contribution in [3.8, 4) is 0 Å². The van der Waals surface area contributed by atoms with E-state index < -0.39 is 25.5 Å². The zero-order valence-corrected chi connectivity index (χ0v) is 15.2. The summed E-state index contributed by atoms with van der Waals surface area (Å²) in [6.07, 6.45) is 2.52. The highest BCUT2D eigenvalue weighted by atomic mass is 31.2. The highest BCUT2D eigenvalue weighted by Gasteiger charge is 2.32. The first kappa shape index (κ1) is 18.0. The first-order chi connectivity index (χ1) is 11.8. The average molecular weight is 369 g/mol. The molecule has 25 heavy (non-hydrogen) atoms. The first-order valence-electron chi connectivity index (χ1n) is 7.89. The highest BCUT2D eigenvalue weighted by molar-refractivity contribution is 7.62. The minimum atomic E-state index is -2.46. The van der Waals surface area contributed by atoms with Crippen LogP contribution in [0, 0.1) is 5.92 Å². The average Bonchev–Trinajstić information content (AvgIpc) is 3.08. The summed E-state index contributed by atoms with van der Waals surface area (Å²) in [7, 11) is -2.46. The van der Waals surface area contributed by atoms with Gasteiger partial charge in [-0.15, -0.1) is 0 Å². The molecule has 1 aliphatic rings. The Bertz CT molecular complexity index is 853. The molecule has 0 fully saturated rings. The molecule has 2 N–H and O–H groups in total. The maximum absolute atomic E-state index is 14.3. The quantitative estimate of drug-likeness (QED) is 0.781. The van der Waals surface area contributed by atoms with Gasteiger partial charge in [0.1, 0.15) is 25.3 Å². The van der Waals surface area contributed by atoms with Gasteiger partial charge >= 0.3 is 0 Å². The van der Waals surface area contributed by atoms with E-state index in [1.54, 1.807) is 6.66 Å². The Morgan fingerprint density at radius 2 is 2.20 bits per heavy atom. The number of ether oxygens (including phenoxy) is 2. The van der Waals surface area contributed by atoms with Crippen LogP contribution in [0.25, 0.3) is 11.2 Å². The van der Waals surface area contributed by atoms with Crippen LogP contribution < -0.4 is 5.73 Å². The van der Waals surface area contributed by atoms with Crippen LogP contribution in [-0.4, -0.2) is 45.0 Å². The number of nitrogens with zero attached hydrogens (tertiary/aromatic N) is 4. The largest absolute Gasteiger partial charge is 0.382 e. The van der Waals surface area contributed by atoms with Crippen LogP contribution in [0.4, 0.5) is 10.2 Å². The fourth-order valence-corrected chi connectivity index (χ4v) is 4.94. The summed E-state index contributed by atoms with van der Waals surface area (Å²) in [5, 5.41) is 0. The molecule has 2 aromatic heterocycles. The van der Waals surface area contributed by atoms with E-state index in [0.29, 0.717) is 23.2 Å². The molecule has 2 unspecified atom stereocenters. The zero-order valence-electron chi connectivity index (χ0n) is 14.3. The molecule has 0 bridgehead atoms. The van der Waals surface area contributed by atoms with Gasteiger partial charge in [-0.25, -0.2) is 19.3 Å². The van der Waals surface area contributed by atoms with Crippen LogP contribution in [-0.2, 0) is 14.0 Å². The Labute approximate surface area is 144 Å². The predicted octanol–water partition coefficient (Wildman–Crippen LogP) is 2.74. The predicted molar refractivity (Wildman–Crippen MR) is 92.0 cm³/mol. The van der Waals surface area contributed by atoms with E-state index in [-0.39, 0.29) is 12.2 Å². The Kier molecular flexibility index (Phi) is 4.90. The third-order valence-electron chi connectivity index (χ3n) is 3.70. The fourth-order valence-electron chi connectivity index (χ4n) is 2.83. The van der Waals surface area contributed by atoms with Crippen LogP contribution in [0.3, 0.4) is 0 Å². The topological polar surface area (TPSA) is 105 Å². The third-order valence-corrected chi connectivity index (χ3v) is 5.90. The van der Waals surface area contributed by atoms with Crippen LogP contribution >= 0.6 is 7.14 Å². The molecule has 0 aliphatic carbocycles. The van der Waals surface area contributed by atoms with Gasteiger partial charge in [0.05, 0.1) is 6.33 Å². The van der Waals surface area contributed by atoms with Gasteiger partial charge in [0.2, 0.25) is 0 Å². The number of hydrogen-bond acceptors (Lipinski definition) is 7. The molecular weight excluding hydrogens is 348 g/mol. The molecule has 3 atom stereocenters. The van der Waals surface area contributed by atoms with Gasteiger partial charge in [-0.05, 0) is 12.6 Å². The van der Waals surface area contributed by atoms with E-state index >= 15 is 0 Å². The molecule has 0 amide bonds. The smallest absolute Gasteiger partial charge is 0.192 e. The lowest BCUT2D eigenvalue weighted by Gasteiger charge is -2.19. The minimum Gasteiger partial charge on any atom is -0.382 e. The first-order valence-corrected chi connectivity index (χ1v) is 10.4. The maximum Gasteiger partial charge on any atom is 0.192 e. The number of nitrogens with two attached hydrogens (primary N) is 1. The molecule has 0 spiro atoms. The van der Waals surface area contributed by atoms with Crippen LogP contribution in [0.5, 0.6) is 0 Å². The van der Waals surface area contributed by atoms with Crippen molar-refractivity contribution >= 4 is 24.1 Å². The Morgan fingerprint density at radius 1 is 1.44 bits per heavy atom. The molecule has 3 heterocycles. The van der Waals surface area contributed by atoms with Gasteiger partial charge in [-0.1, -0.05) is 13.8 Å². The standard InChI is InChI=1S/C15H21FN5O3P/c1-9(2)5-25(3,22)8-23-11-4-10(16)15(24-11)21-7-20-12-13(17)18-6-19-14(12)21/h4,6-7,9,11,15H,5,8H2,1-3H3,(H2,17,18,19)/t11?,15-,25?/m1/s1. The lowest BCUT2D eigenvalue weighted by Crippen LogP contribution is -2.17. The fraction of sp³-hybridized carbons (Fsp3) is 0.533. The van der Waals surface area contributed by atoms with Gasteiger partial charge < -0.3 is 19.8 Å². The molecule has 0 aromatic carbocycles. The van der Waals surface area contributed by atoms with Crippen molar-refractivity contribution in [1.29, 1.82) is 0 Å². The monoisotopic (exact) mass is 369 g/mol. The maximum atomic E-state index is 14.3. The van der Waals surface area contributed by atoms with Crippen LogP contribution in [0.2, 0.25) is 0 Å². The Hall–Kier alpha value is -1.83. The summed E-state index contributed by atoms with van der Waals surface area (Å²) in [5.41, 5.74) is 6.47. The van der Waals surface area contributed by atoms with Crippen molar-refractivity contribution in [2.24, 2.45) is 5.92 Å². The lowest BCUT2D eigenvalue weighted by molar-refractivity contribution is -0.128. The summed E-state index contributed by atoms with van der Waals surface area (Å²) in [6, 6.07) is 0. The van der Waals surface area contributed by atoms with E-state index in [4.69, 9.17) is 15.2 Å². The molecule has 1 aliphatic heterocycles. The van der Waals surface area contributed by atoms with Crippen molar-refractivity contribution in [3.05, 3.63) is 24.6 Å². The molecule has 0 saturated carbocycles. The number of fused-ring (bicyclic) bond motifs is 1. The summed E-state index contributed by atoms with van der Waals surface area (Å²) in [4.78, 5) is 12.0. The van der Waals surface area contributed by atoms with Crippen molar-refractivity contribution in [2.75, 3.05) is 24.9 Å². The molecule has 3 rings (SSSR count). The summed E-state index contributed by atoms with van der Waals surface area (Å²) >= 11 is 0. The van der Waals surface area contributed by atoms with Crippen molar-refractivity contribution in [3.63, 3.8) is 0 Å². The molecule has 8 nitrogen and oxygen atoms in total. The van der Waals surface area contributed by atoms with Gasteiger partial charge in [0.15, 0.2) is 29.8 Å². The Morgan fingerprint density at radius 3 is 2.92 bits per heavy atom. The normalized spacial score (nSPS) is 23.2. The number of halogens is 1. The number of rotatable bonds is 6. The summed E-state index contributed by atoms with van der Waals surface area (Å²) in [6.45, 7) is 5.67. The molecule has 0 radical (unpaired) electrons. The molecule has 10 heteroatoms. The zero-order chi connectivity index (χ0) is 18.2. The van der Waals surface area contributed by atoms with Crippen molar-refractivity contribution in [1.82, 2.24) is 19.5 Å². The van der Waals surface area contributed by atoms with Gasteiger partial charge in [-0.2, -0.15) is 0 Å².